The molecule has 2 heteroatoms. The number of hydrogen-bond donors (Lipinski definition) is 0. The van der Waals surface area contributed by atoms with Crippen molar-refractivity contribution in [3.63, 3.8) is 0 Å². The zero-order chi connectivity index (χ0) is 17.9. The SMILES string of the molecule is CCCCCCCC/C=C\CCCCCCCCSC(C)N(C)C. The van der Waals surface area contributed by atoms with E-state index in [9.17, 15) is 0 Å². The quantitative estimate of drug-likeness (QED) is 0.141. The Morgan fingerprint density at radius 1 is 0.708 bits per heavy atom. The molecule has 144 valence electrons. The second-order valence-electron chi connectivity index (χ2n) is 7.37. The van der Waals surface area contributed by atoms with Gasteiger partial charge in [0.25, 0.3) is 0 Å². The second kappa shape index (κ2) is 19.4. The van der Waals surface area contributed by atoms with Crippen LogP contribution >= 0.6 is 11.8 Å². The van der Waals surface area contributed by atoms with Gasteiger partial charge in [-0.15, -0.1) is 11.8 Å². The molecule has 24 heavy (non-hydrogen) atoms. The second-order valence-corrected chi connectivity index (χ2v) is 8.80. The van der Waals surface area contributed by atoms with Gasteiger partial charge in [-0.3, -0.25) is 4.90 Å². The summed E-state index contributed by atoms with van der Waals surface area (Å²) in [6.45, 7) is 4.58. The molecule has 0 heterocycles. The maximum atomic E-state index is 2.42. The molecule has 0 radical (unpaired) electrons. The van der Waals surface area contributed by atoms with E-state index in [0.29, 0.717) is 5.37 Å². The van der Waals surface area contributed by atoms with Crippen LogP contribution in [0.2, 0.25) is 0 Å². The molecular weight excluding hydrogens is 310 g/mol. The van der Waals surface area contributed by atoms with E-state index >= 15 is 0 Å². The van der Waals surface area contributed by atoms with Crippen LogP contribution < -0.4 is 0 Å². The van der Waals surface area contributed by atoms with Gasteiger partial charge < -0.3 is 0 Å². The Balaban J connectivity index is 3.13. The largest absolute Gasteiger partial charge is 0.298 e. The van der Waals surface area contributed by atoms with Crippen LogP contribution in [0.4, 0.5) is 0 Å². The van der Waals surface area contributed by atoms with Gasteiger partial charge in [-0.25, -0.2) is 0 Å². The van der Waals surface area contributed by atoms with Gasteiger partial charge >= 0.3 is 0 Å². The first-order valence-corrected chi connectivity index (χ1v) is 11.7. The van der Waals surface area contributed by atoms with Gasteiger partial charge in [0.05, 0.1) is 5.37 Å². The summed E-state index contributed by atoms with van der Waals surface area (Å²) < 4.78 is 0. The van der Waals surface area contributed by atoms with Crippen LogP contribution in [0.1, 0.15) is 104 Å². The van der Waals surface area contributed by atoms with Crippen LogP contribution in [0.25, 0.3) is 0 Å². The van der Waals surface area contributed by atoms with Gasteiger partial charge in [0, 0.05) is 0 Å². The minimum atomic E-state index is 0.660. The maximum absolute atomic E-state index is 2.42. The van der Waals surface area contributed by atoms with E-state index in [-0.39, 0.29) is 0 Å². The summed E-state index contributed by atoms with van der Waals surface area (Å²) in [7, 11) is 4.33. The molecule has 0 N–H and O–H groups in total. The molecule has 0 aliphatic heterocycles. The number of thioether (sulfide) groups is 1. The summed E-state index contributed by atoms with van der Waals surface area (Å²) in [5, 5.41) is 0.660. The van der Waals surface area contributed by atoms with Gasteiger partial charge in [0.2, 0.25) is 0 Å². The molecule has 1 unspecified atom stereocenters. The third-order valence-corrected chi connectivity index (χ3v) is 6.17. The third-order valence-electron chi connectivity index (χ3n) is 4.74. The van der Waals surface area contributed by atoms with Crippen LogP contribution in [0.15, 0.2) is 12.2 Å². The maximum Gasteiger partial charge on any atom is 0.0523 e. The molecule has 0 aromatic carbocycles. The first-order valence-electron chi connectivity index (χ1n) is 10.6. The van der Waals surface area contributed by atoms with Crippen molar-refractivity contribution < 1.29 is 0 Å². The lowest BCUT2D eigenvalue weighted by molar-refractivity contribution is 0.402. The Bertz CT molecular complexity index is 263. The molecule has 0 saturated heterocycles. The first kappa shape index (κ1) is 24.1. The average Bonchev–Trinajstić information content (AvgIpc) is 2.57. The van der Waals surface area contributed by atoms with Gasteiger partial charge in [0.1, 0.15) is 0 Å². The van der Waals surface area contributed by atoms with Gasteiger partial charge in [-0.05, 0) is 58.9 Å². The number of rotatable bonds is 18. The number of unbranched alkanes of at least 4 members (excludes halogenated alkanes) is 12. The predicted molar refractivity (Wildman–Crippen MR) is 115 cm³/mol. The van der Waals surface area contributed by atoms with Crippen molar-refractivity contribution in [1.29, 1.82) is 0 Å². The summed E-state index contributed by atoms with van der Waals surface area (Å²) in [6.07, 6.45) is 24.4. The molecule has 1 atom stereocenters. The van der Waals surface area contributed by atoms with Crippen LogP contribution in [-0.4, -0.2) is 30.1 Å². The molecule has 0 saturated carbocycles. The molecule has 0 rings (SSSR count). The van der Waals surface area contributed by atoms with Crippen LogP contribution in [0, 0.1) is 0 Å². The van der Waals surface area contributed by atoms with Gasteiger partial charge in [-0.1, -0.05) is 76.9 Å². The summed E-state index contributed by atoms with van der Waals surface area (Å²) >= 11 is 2.09. The lowest BCUT2D eigenvalue weighted by Gasteiger charge is -2.18. The molecule has 0 amide bonds. The topological polar surface area (TPSA) is 3.24 Å². The molecule has 0 spiro atoms. The monoisotopic (exact) mass is 355 g/mol. The standard InChI is InChI=1S/C22H45NS/c1-5-6-7-8-9-10-11-12-13-14-15-16-17-18-19-20-21-24-22(2)23(3)4/h12-13,22H,5-11,14-21H2,1-4H3/b13-12-. The normalized spacial score (nSPS) is 13.2. The smallest absolute Gasteiger partial charge is 0.0523 e. The van der Waals surface area contributed by atoms with E-state index in [0.717, 1.165) is 0 Å². The van der Waals surface area contributed by atoms with Crippen molar-refractivity contribution in [2.24, 2.45) is 0 Å². The van der Waals surface area contributed by atoms with Crippen molar-refractivity contribution in [2.45, 2.75) is 109 Å². The van der Waals surface area contributed by atoms with Crippen molar-refractivity contribution in [1.82, 2.24) is 4.90 Å². The lowest BCUT2D eigenvalue weighted by Crippen LogP contribution is -2.21. The Kier molecular flexibility index (Phi) is 19.4. The Hall–Kier alpha value is 0.0500. The molecular formula is C22H45NS. The van der Waals surface area contributed by atoms with Crippen molar-refractivity contribution >= 4 is 11.8 Å². The summed E-state index contributed by atoms with van der Waals surface area (Å²) in [6, 6.07) is 0. The van der Waals surface area contributed by atoms with E-state index in [4.69, 9.17) is 0 Å². The van der Waals surface area contributed by atoms with E-state index < -0.39 is 0 Å². The summed E-state index contributed by atoms with van der Waals surface area (Å²) in [5.74, 6) is 1.32. The highest BCUT2D eigenvalue weighted by atomic mass is 32.2. The Morgan fingerprint density at radius 3 is 1.67 bits per heavy atom. The molecule has 0 fully saturated rings. The number of hydrogen-bond acceptors (Lipinski definition) is 2. The predicted octanol–water partition coefficient (Wildman–Crippen LogP) is 7.66. The van der Waals surface area contributed by atoms with E-state index in [2.05, 4.69) is 56.8 Å². The molecule has 0 aliphatic carbocycles. The summed E-state index contributed by atoms with van der Waals surface area (Å²) in [4.78, 5) is 2.30. The average molecular weight is 356 g/mol. The van der Waals surface area contributed by atoms with Crippen molar-refractivity contribution in [3.8, 4) is 0 Å². The highest BCUT2D eigenvalue weighted by molar-refractivity contribution is 7.99. The van der Waals surface area contributed by atoms with Crippen LogP contribution in [-0.2, 0) is 0 Å². The van der Waals surface area contributed by atoms with Crippen molar-refractivity contribution in [3.05, 3.63) is 12.2 Å². The van der Waals surface area contributed by atoms with Crippen LogP contribution in [0.5, 0.6) is 0 Å². The molecule has 1 nitrogen and oxygen atoms in total. The number of nitrogens with zero attached hydrogens (tertiary/aromatic N) is 1. The molecule has 0 aromatic rings. The zero-order valence-electron chi connectivity index (χ0n) is 17.2. The van der Waals surface area contributed by atoms with E-state index in [1.807, 2.05) is 0 Å². The molecule has 0 aromatic heterocycles. The zero-order valence-corrected chi connectivity index (χ0v) is 18.0. The minimum absolute atomic E-state index is 0.660. The fourth-order valence-corrected chi connectivity index (χ4v) is 3.76. The lowest BCUT2D eigenvalue weighted by atomic mass is 10.1. The molecule has 0 aliphatic rings. The van der Waals surface area contributed by atoms with Gasteiger partial charge in [-0.2, -0.15) is 0 Å². The van der Waals surface area contributed by atoms with E-state index in [1.54, 1.807) is 0 Å². The first-order chi connectivity index (χ1) is 11.7. The summed E-state index contributed by atoms with van der Waals surface area (Å²) in [5.41, 5.74) is 0. The molecule has 0 bridgehead atoms. The Labute approximate surface area is 158 Å². The fourth-order valence-electron chi connectivity index (χ4n) is 2.75. The van der Waals surface area contributed by atoms with Crippen LogP contribution in [0.3, 0.4) is 0 Å². The fraction of sp³-hybridized carbons (Fsp3) is 0.909. The van der Waals surface area contributed by atoms with E-state index in [1.165, 1.54) is 95.6 Å². The highest BCUT2D eigenvalue weighted by Gasteiger charge is 2.03. The number of allylic oxidation sites excluding steroid dienone is 2. The third kappa shape index (κ3) is 18.4. The Morgan fingerprint density at radius 2 is 1.17 bits per heavy atom. The highest BCUT2D eigenvalue weighted by Crippen LogP contribution is 2.16. The van der Waals surface area contributed by atoms with Gasteiger partial charge in [0.15, 0.2) is 0 Å². The van der Waals surface area contributed by atoms with Crippen molar-refractivity contribution in [2.75, 3.05) is 19.8 Å². The minimum Gasteiger partial charge on any atom is -0.298 e.